The molecule has 0 fully saturated rings. The van der Waals surface area contributed by atoms with Crippen LogP contribution >= 0.6 is 11.6 Å². The Morgan fingerprint density at radius 2 is 1.43 bits per heavy atom. The number of hydrogen-bond donors (Lipinski definition) is 11. The number of amides is 2. The van der Waals surface area contributed by atoms with Gasteiger partial charge in [0.1, 0.15) is 24.4 Å². The number of benzene rings is 2. The molecular formula is C39H56ClN9O9. The number of nitrogens with one attached hydrogen (secondary N) is 4. The molecule has 0 aliphatic carbocycles. The Morgan fingerprint density at radius 3 is 2.03 bits per heavy atom. The Kier molecular flexibility index (Phi) is 19.7. The summed E-state index contributed by atoms with van der Waals surface area (Å²) in [7, 11) is 2.86. The zero-order valence-electron chi connectivity index (χ0n) is 32.7. The second-order valence-corrected chi connectivity index (χ2v) is 14.1. The molecule has 0 saturated carbocycles. The normalized spacial score (nSPS) is 13.8. The number of likely N-dealkylation sites (N-methyl/N-ethyl adjacent to an activating group) is 1. The molecule has 0 aliphatic rings. The average molecular weight is 830 g/mol. The molecule has 0 bridgehead atoms. The Balaban J connectivity index is 1.36. The van der Waals surface area contributed by atoms with Crippen LogP contribution in [0.15, 0.2) is 48.5 Å². The van der Waals surface area contributed by atoms with Crippen LogP contribution < -0.4 is 27.4 Å². The third kappa shape index (κ3) is 14.8. The number of nitrogens with two attached hydrogens (primary N) is 2. The summed E-state index contributed by atoms with van der Waals surface area (Å²) in [6, 6.07) is 15.5. The van der Waals surface area contributed by atoms with Crippen molar-refractivity contribution < 1.29 is 44.7 Å². The van der Waals surface area contributed by atoms with E-state index in [-0.39, 0.29) is 47.3 Å². The highest BCUT2D eigenvalue weighted by Crippen LogP contribution is 2.22. The Labute approximate surface area is 342 Å². The summed E-state index contributed by atoms with van der Waals surface area (Å²) < 4.78 is 4.96. The van der Waals surface area contributed by atoms with Crippen LogP contribution in [0.5, 0.6) is 0 Å². The maximum absolute atomic E-state index is 13.1. The van der Waals surface area contributed by atoms with Gasteiger partial charge in [-0.1, -0.05) is 60.1 Å². The summed E-state index contributed by atoms with van der Waals surface area (Å²) in [5.74, 6) is -1.92. The lowest BCUT2D eigenvalue weighted by molar-refractivity contribution is -0.152. The van der Waals surface area contributed by atoms with Gasteiger partial charge in [-0.25, -0.2) is 14.8 Å². The number of unbranched alkanes of at least 4 members (excludes halogenated alkanes) is 2. The fourth-order valence-electron chi connectivity index (χ4n) is 5.95. The highest BCUT2D eigenvalue weighted by atomic mass is 35.5. The van der Waals surface area contributed by atoms with Crippen LogP contribution in [0, 0.1) is 5.41 Å². The number of aromatic nitrogens is 2. The van der Waals surface area contributed by atoms with E-state index in [1.165, 1.54) is 12.0 Å². The van der Waals surface area contributed by atoms with Gasteiger partial charge in [-0.2, -0.15) is 0 Å². The molecule has 0 unspecified atom stereocenters. The number of esters is 1. The van der Waals surface area contributed by atoms with Gasteiger partial charge >= 0.3 is 5.97 Å². The van der Waals surface area contributed by atoms with E-state index in [1.54, 1.807) is 7.05 Å². The molecule has 318 valence electrons. The van der Waals surface area contributed by atoms with Crippen molar-refractivity contribution >= 4 is 47.0 Å². The number of aliphatic hydroxyl groups excluding tert-OH is 5. The third-order valence-electron chi connectivity index (χ3n) is 9.52. The lowest BCUT2D eigenvalue weighted by atomic mass is 9.99. The largest absolute Gasteiger partial charge is 0.467 e. The molecule has 0 spiro atoms. The van der Waals surface area contributed by atoms with E-state index in [9.17, 15) is 34.8 Å². The van der Waals surface area contributed by atoms with Gasteiger partial charge in [0.25, 0.3) is 5.91 Å². The summed E-state index contributed by atoms with van der Waals surface area (Å²) in [4.78, 5) is 47.0. The summed E-state index contributed by atoms with van der Waals surface area (Å²) in [6.45, 7) is 0.0642. The van der Waals surface area contributed by atoms with Gasteiger partial charge in [-0.15, -0.1) is 0 Å². The fraction of sp³-hybridized carbons (Fsp3) is 0.487. The first kappa shape index (κ1) is 47.4. The number of nitrogen functional groups attached to an aromatic ring is 2. The van der Waals surface area contributed by atoms with Crippen molar-refractivity contribution in [2.75, 3.05) is 51.9 Å². The molecule has 18 nitrogen and oxygen atoms in total. The molecule has 58 heavy (non-hydrogen) atoms. The topological polar surface area (TPSA) is 303 Å². The predicted molar refractivity (Wildman–Crippen MR) is 219 cm³/mol. The van der Waals surface area contributed by atoms with Gasteiger partial charge in [0.15, 0.2) is 28.4 Å². The molecule has 1 aromatic heterocycles. The van der Waals surface area contributed by atoms with Crippen LogP contribution in [0.3, 0.4) is 0 Å². The maximum Gasteiger partial charge on any atom is 0.328 e. The zero-order valence-corrected chi connectivity index (χ0v) is 33.5. The third-order valence-corrected chi connectivity index (χ3v) is 9.79. The SMILES string of the molecule is COC(=O)[C@H](CCCCNC[C@H](O)[C@@H](O)[C@H](O)[C@H](O)CO)N(C)C(=O)CCc1ccc(-c2ccc(CCCCNC(=N)NC(=O)c3nc(Cl)c(N)nc3N)cc2)cc1. The van der Waals surface area contributed by atoms with Gasteiger partial charge < -0.3 is 57.3 Å². The van der Waals surface area contributed by atoms with Crippen LogP contribution in [-0.4, -0.2) is 135 Å². The number of nitrogens with zero attached hydrogens (tertiary/aromatic N) is 3. The van der Waals surface area contributed by atoms with Gasteiger partial charge in [0.05, 0.1) is 19.8 Å². The van der Waals surface area contributed by atoms with Crippen molar-refractivity contribution in [1.29, 1.82) is 5.41 Å². The van der Waals surface area contributed by atoms with Gasteiger partial charge in [0.2, 0.25) is 5.91 Å². The van der Waals surface area contributed by atoms with Crippen LogP contribution in [-0.2, 0) is 27.2 Å². The summed E-state index contributed by atoms with van der Waals surface area (Å²) >= 11 is 5.82. The molecule has 5 atom stereocenters. The van der Waals surface area contributed by atoms with E-state index in [4.69, 9.17) is 38.3 Å². The first-order chi connectivity index (χ1) is 27.7. The quantitative estimate of drug-likeness (QED) is 0.0266. The maximum atomic E-state index is 13.1. The number of rotatable bonds is 23. The van der Waals surface area contributed by atoms with Crippen molar-refractivity contribution in [1.82, 2.24) is 30.8 Å². The fourth-order valence-corrected chi connectivity index (χ4v) is 6.08. The van der Waals surface area contributed by atoms with Gasteiger partial charge in [0, 0.05) is 26.6 Å². The Hall–Kier alpha value is -4.95. The molecule has 2 amide bonds. The molecule has 0 radical (unpaired) electrons. The lowest BCUT2D eigenvalue weighted by Crippen LogP contribution is -2.49. The number of methoxy groups -OCH3 is 1. The number of halogens is 1. The summed E-state index contributed by atoms with van der Waals surface area (Å²) in [5, 5.41) is 64.0. The van der Waals surface area contributed by atoms with Crippen LogP contribution in [0.1, 0.15) is 60.1 Å². The van der Waals surface area contributed by atoms with Crippen molar-refractivity contribution in [2.45, 2.75) is 81.8 Å². The first-order valence-corrected chi connectivity index (χ1v) is 19.3. The molecular weight excluding hydrogens is 774 g/mol. The van der Waals surface area contributed by atoms with Crippen LogP contribution in [0.4, 0.5) is 11.6 Å². The van der Waals surface area contributed by atoms with Crippen molar-refractivity contribution in [3.8, 4) is 11.1 Å². The number of anilines is 2. The predicted octanol–water partition coefficient (Wildman–Crippen LogP) is 0.367. The monoisotopic (exact) mass is 829 g/mol. The molecule has 1 heterocycles. The molecule has 0 saturated heterocycles. The average Bonchev–Trinajstić information content (AvgIpc) is 3.22. The molecule has 19 heteroatoms. The number of aliphatic hydroxyl groups is 5. The second-order valence-electron chi connectivity index (χ2n) is 13.8. The van der Waals surface area contributed by atoms with E-state index in [2.05, 4.69) is 50.2 Å². The highest BCUT2D eigenvalue weighted by Gasteiger charge is 2.30. The molecule has 3 rings (SSSR count). The summed E-state index contributed by atoms with van der Waals surface area (Å²) in [6.07, 6.45) is -1.67. The van der Waals surface area contributed by atoms with E-state index >= 15 is 0 Å². The first-order valence-electron chi connectivity index (χ1n) is 18.9. The van der Waals surface area contributed by atoms with Crippen LogP contribution in [0.2, 0.25) is 5.15 Å². The Morgan fingerprint density at radius 1 is 0.845 bits per heavy atom. The van der Waals surface area contributed by atoms with Crippen molar-refractivity contribution in [3.05, 3.63) is 70.5 Å². The van der Waals surface area contributed by atoms with Crippen molar-refractivity contribution in [2.24, 2.45) is 0 Å². The molecule has 3 aromatic rings. The van der Waals surface area contributed by atoms with Gasteiger partial charge in [-0.05, 0) is 73.7 Å². The number of aryl methyl sites for hydroxylation is 2. The van der Waals surface area contributed by atoms with E-state index in [0.717, 1.165) is 41.5 Å². The summed E-state index contributed by atoms with van der Waals surface area (Å²) in [5.41, 5.74) is 15.2. The standard InChI is InChI=1S/C39H56ClN9O9/c1-49(27(38(57)58-2)8-4-5-19-44-21-28(51)32(54)33(55)29(52)22-50)30(53)18-13-24-11-16-26(17-12-24)25-14-9-23(10-15-25)7-3-6-20-45-39(43)48-37(56)31-35(41)47-36(42)34(40)46-31/h9-12,14-17,27-29,32-33,44,50-52,54-55H,3-8,13,18-22H2,1-2H3,(H4,41,42,47)(H3,43,45,48,56)/t27-,28-,29+,32+,33+/m0/s1. The van der Waals surface area contributed by atoms with E-state index < -0.39 is 48.9 Å². The number of carbonyl (C=O) groups excluding carboxylic acids is 3. The Bertz CT molecular complexity index is 1790. The smallest absolute Gasteiger partial charge is 0.328 e. The molecule has 13 N–H and O–H groups in total. The minimum absolute atomic E-state index is 0.0673. The number of hydrogen-bond acceptors (Lipinski definition) is 15. The van der Waals surface area contributed by atoms with E-state index in [1.807, 2.05) is 24.3 Å². The zero-order chi connectivity index (χ0) is 42.8. The van der Waals surface area contributed by atoms with Crippen LogP contribution in [0.25, 0.3) is 11.1 Å². The highest BCUT2D eigenvalue weighted by molar-refractivity contribution is 6.31. The van der Waals surface area contributed by atoms with E-state index in [0.29, 0.717) is 38.8 Å². The second kappa shape index (κ2) is 24.1. The number of ether oxygens (including phenoxy) is 1. The molecule has 0 aliphatic heterocycles. The number of carbonyl (C=O) groups is 3. The minimum Gasteiger partial charge on any atom is -0.467 e. The van der Waals surface area contributed by atoms with Crippen molar-refractivity contribution in [3.63, 3.8) is 0 Å². The lowest BCUT2D eigenvalue weighted by Gasteiger charge is -2.26. The molecule has 2 aromatic carbocycles. The minimum atomic E-state index is -1.70. The number of guanidine groups is 1. The van der Waals surface area contributed by atoms with Gasteiger partial charge in [-0.3, -0.25) is 20.3 Å².